The lowest BCUT2D eigenvalue weighted by Gasteiger charge is -2.36. The second-order valence-corrected chi connectivity index (χ2v) is 9.22. The first-order valence-corrected chi connectivity index (χ1v) is 12.6. The van der Waals surface area contributed by atoms with Gasteiger partial charge >= 0.3 is 0 Å². The first-order chi connectivity index (χ1) is 18.8. The van der Waals surface area contributed by atoms with E-state index < -0.39 is 11.8 Å². The van der Waals surface area contributed by atoms with Crippen molar-refractivity contribution in [1.82, 2.24) is 0 Å². The van der Waals surface area contributed by atoms with Crippen LogP contribution in [0.5, 0.6) is 23.0 Å². The van der Waals surface area contributed by atoms with Crippen LogP contribution >= 0.6 is 28.1 Å². The lowest BCUT2D eigenvalue weighted by molar-refractivity contribution is -0.120. The van der Waals surface area contributed by atoms with E-state index in [0.717, 1.165) is 0 Å². The average molecular weight is 608 g/mol. The molecule has 4 rings (SSSR count). The summed E-state index contributed by atoms with van der Waals surface area (Å²) >= 11 is 9.09. The first kappa shape index (κ1) is 27.6. The number of hydrogen-bond acceptors (Lipinski definition) is 8. The average Bonchev–Trinajstić information content (AvgIpc) is 2.95. The Morgan fingerprint density at radius 3 is 1.82 bits per heavy atom. The van der Waals surface area contributed by atoms with Gasteiger partial charge in [0.2, 0.25) is 0 Å². The Kier molecular flexibility index (Phi) is 8.49. The maximum absolute atomic E-state index is 13.8. The van der Waals surface area contributed by atoms with Gasteiger partial charge in [-0.15, -0.1) is 0 Å². The summed E-state index contributed by atoms with van der Waals surface area (Å²) in [6, 6.07) is 18.7. The van der Waals surface area contributed by atoms with Crippen LogP contribution in [0.25, 0.3) is 6.08 Å². The zero-order chi connectivity index (χ0) is 28.1. The van der Waals surface area contributed by atoms with Crippen molar-refractivity contribution in [3.05, 3.63) is 76.3 Å². The smallest absolute Gasteiger partial charge is 0.270 e. The number of nitrogens with zero attached hydrogens (tertiary/aromatic N) is 3. The second-order valence-electron chi connectivity index (χ2n) is 8.00. The van der Waals surface area contributed by atoms with Crippen LogP contribution in [0.15, 0.2) is 70.7 Å². The van der Waals surface area contributed by atoms with Crippen molar-refractivity contribution in [2.24, 2.45) is 0 Å². The van der Waals surface area contributed by atoms with Gasteiger partial charge in [-0.25, -0.2) is 0 Å². The van der Waals surface area contributed by atoms with Gasteiger partial charge in [0.05, 0.1) is 37.2 Å². The number of carbonyl (C=O) groups excluding carboxylic acids is 2. The van der Waals surface area contributed by atoms with E-state index in [-0.39, 0.29) is 17.3 Å². The fraction of sp³-hybridized carbons (Fsp3) is 0.143. The Morgan fingerprint density at radius 2 is 1.38 bits per heavy atom. The summed E-state index contributed by atoms with van der Waals surface area (Å²) < 4.78 is 21.8. The number of ether oxygens (including phenoxy) is 4. The molecule has 2 amide bonds. The molecule has 0 aliphatic carbocycles. The number of carbonyl (C=O) groups is 2. The summed E-state index contributed by atoms with van der Waals surface area (Å²) in [5.41, 5.74) is 1.27. The van der Waals surface area contributed by atoms with Crippen molar-refractivity contribution in [3.8, 4) is 29.1 Å². The second kappa shape index (κ2) is 12.0. The van der Waals surface area contributed by atoms with Gasteiger partial charge in [0.1, 0.15) is 23.1 Å². The molecule has 1 saturated heterocycles. The minimum Gasteiger partial charge on any atom is -0.497 e. The molecule has 3 aromatic carbocycles. The number of thiocarbonyl (C=S) groups is 1. The van der Waals surface area contributed by atoms with E-state index in [0.29, 0.717) is 44.4 Å². The zero-order valence-electron chi connectivity index (χ0n) is 21.1. The number of hydrogen-bond donors (Lipinski definition) is 0. The Balaban J connectivity index is 1.85. The molecule has 0 radical (unpaired) electrons. The van der Waals surface area contributed by atoms with E-state index >= 15 is 0 Å². The minimum absolute atomic E-state index is 0.00324. The van der Waals surface area contributed by atoms with Gasteiger partial charge in [0.15, 0.2) is 23.2 Å². The third kappa shape index (κ3) is 5.57. The summed E-state index contributed by atoms with van der Waals surface area (Å²) in [6.07, 6.45) is 1.46. The normalized spacial score (nSPS) is 13.2. The van der Waals surface area contributed by atoms with E-state index in [1.165, 1.54) is 23.0 Å². The third-order valence-electron chi connectivity index (χ3n) is 5.75. The number of benzene rings is 3. The number of methoxy groups -OCH3 is 3. The Bertz CT molecular complexity index is 1430. The molecule has 0 spiro atoms. The van der Waals surface area contributed by atoms with Crippen LogP contribution in [-0.2, 0) is 9.59 Å². The van der Waals surface area contributed by atoms with Crippen LogP contribution in [0.3, 0.4) is 0 Å². The molecule has 3 aromatic rings. The van der Waals surface area contributed by atoms with Crippen molar-refractivity contribution < 1.29 is 28.5 Å². The van der Waals surface area contributed by atoms with Crippen LogP contribution in [0.1, 0.15) is 5.56 Å². The van der Waals surface area contributed by atoms with Crippen LogP contribution in [0.4, 0.5) is 11.4 Å². The number of rotatable bonds is 8. The molecule has 9 nitrogen and oxygen atoms in total. The van der Waals surface area contributed by atoms with E-state index in [9.17, 15) is 9.59 Å². The van der Waals surface area contributed by atoms with Crippen LogP contribution in [0.2, 0.25) is 0 Å². The molecule has 1 heterocycles. The molecule has 198 valence electrons. The first-order valence-electron chi connectivity index (χ1n) is 11.4. The van der Waals surface area contributed by atoms with Gasteiger partial charge in [-0.3, -0.25) is 19.4 Å². The third-order valence-corrected chi connectivity index (χ3v) is 6.71. The SMILES string of the molecule is COc1ccc(N2C(=O)C(=Cc3cc(Br)c(OCC#N)c(OC)c3)C(=O)N(c3ccc(OC)cc3)C2=S)cc1. The topological polar surface area (TPSA) is 101 Å². The summed E-state index contributed by atoms with van der Waals surface area (Å²) in [4.78, 5) is 30.2. The molecule has 0 N–H and O–H groups in total. The van der Waals surface area contributed by atoms with Crippen molar-refractivity contribution in [3.63, 3.8) is 0 Å². The molecule has 0 saturated carbocycles. The summed E-state index contributed by atoms with van der Waals surface area (Å²) in [7, 11) is 4.53. The van der Waals surface area contributed by atoms with E-state index in [1.807, 2.05) is 6.07 Å². The van der Waals surface area contributed by atoms with E-state index in [1.54, 1.807) is 74.9 Å². The molecule has 0 unspecified atom stereocenters. The van der Waals surface area contributed by atoms with Gasteiger partial charge in [0, 0.05) is 0 Å². The number of anilines is 2. The van der Waals surface area contributed by atoms with Gasteiger partial charge in [-0.05, 0) is 100 Å². The van der Waals surface area contributed by atoms with Crippen molar-refractivity contribution in [2.75, 3.05) is 37.7 Å². The molecular formula is C28H22BrN3O6S. The van der Waals surface area contributed by atoms with Crippen molar-refractivity contribution >= 4 is 62.5 Å². The largest absolute Gasteiger partial charge is 0.497 e. The van der Waals surface area contributed by atoms with Crippen LogP contribution < -0.4 is 28.7 Å². The molecule has 1 aliphatic rings. The monoisotopic (exact) mass is 607 g/mol. The molecule has 0 aromatic heterocycles. The quantitative estimate of drug-likeness (QED) is 0.197. The standard InChI is InChI=1S/C28H22BrN3O6S/c1-35-20-8-4-18(5-9-20)31-26(33)22(14-17-15-23(29)25(38-13-12-30)24(16-17)37-3)27(34)32(28(31)39)19-6-10-21(36-2)11-7-19/h4-11,14-16H,13H2,1-3H3. The predicted octanol–water partition coefficient (Wildman–Crippen LogP) is 5.13. The minimum atomic E-state index is -0.597. The maximum atomic E-state index is 13.8. The molecule has 1 fully saturated rings. The number of halogens is 1. The molecule has 11 heteroatoms. The fourth-order valence-corrected chi connectivity index (χ4v) is 4.83. The highest BCUT2D eigenvalue weighted by atomic mass is 79.9. The Hall–Kier alpha value is -4.40. The summed E-state index contributed by atoms with van der Waals surface area (Å²) in [5, 5.41) is 8.88. The molecule has 39 heavy (non-hydrogen) atoms. The van der Waals surface area contributed by atoms with Gasteiger partial charge in [0.25, 0.3) is 11.8 Å². The maximum Gasteiger partial charge on any atom is 0.270 e. The van der Waals surface area contributed by atoms with Crippen molar-refractivity contribution in [1.29, 1.82) is 5.26 Å². The van der Waals surface area contributed by atoms with E-state index in [2.05, 4.69) is 15.9 Å². The van der Waals surface area contributed by atoms with E-state index in [4.69, 9.17) is 36.4 Å². The highest BCUT2D eigenvalue weighted by Gasteiger charge is 2.41. The number of nitriles is 1. The molecule has 1 aliphatic heterocycles. The predicted molar refractivity (Wildman–Crippen MR) is 153 cm³/mol. The molecule has 0 bridgehead atoms. The van der Waals surface area contributed by atoms with Crippen LogP contribution in [-0.4, -0.2) is 44.9 Å². The fourth-order valence-electron chi connectivity index (χ4n) is 3.88. The molecule has 0 atom stereocenters. The highest BCUT2D eigenvalue weighted by molar-refractivity contribution is 9.10. The summed E-state index contributed by atoms with van der Waals surface area (Å²) in [5.74, 6) is 0.645. The van der Waals surface area contributed by atoms with Gasteiger partial charge in [-0.2, -0.15) is 5.26 Å². The summed E-state index contributed by atoms with van der Waals surface area (Å²) in [6.45, 7) is -0.183. The van der Waals surface area contributed by atoms with Gasteiger partial charge in [-0.1, -0.05) is 0 Å². The van der Waals surface area contributed by atoms with Gasteiger partial charge < -0.3 is 18.9 Å². The Morgan fingerprint density at radius 1 is 0.872 bits per heavy atom. The lowest BCUT2D eigenvalue weighted by Crippen LogP contribution is -2.56. The van der Waals surface area contributed by atoms with Crippen LogP contribution in [0, 0.1) is 11.3 Å². The Labute approximate surface area is 238 Å². The van der Waals surface area contributed by atoms with Crippen molar-refractivity contribution in [2.45, 2.75) is 0 Å². The zero-order valence-corrected chi connectivity index (χ0v) is 23.5. The molecular weight excluding hydrogens is 586 g/mol. The highest BCUT2D eigenvalue weighted by Crippen LogP contribution is 2.38. The lowest BCUT2D eigenvalue weighted by atomic mass is 10.0. The number of amides is 2.